The van der Waals surface area contributed by atoms with E-state index in [1.54, 1.807) is 37.4 Å². The Balaban J connectivity index is 1.84. The molecular formula is C15H17N3O2S. The minimum Gasteiger partial charge on any atom is -0.309 e. The summed E-state index contributed by atoms with van der Waals surface area (Å²) in [7, 11) is -3.55. The first kappa shape index (κ1) is 14.2. The van der Waals surface area contributed by atoms with Gasteiger partial charge in [0.25, 0.3) is 0 Å². The lowest BCUT2D eigenvalue weighted by Gasteiger charge is -2.14. The van der Waals surface area contributed by atoms with Gasteiger partial charge in [-0.3, -0.25) is 4.98 Å². The molecule has 0 bridgehead atoms. The largest absolute Gasteiger partial charge is 0.309 e. The second-order valence-corrected chi connectivity index (χ2v) is 6.85. The van der Waals surface area contributed by atoms with Crippen LogP contribution in [-0.4, -0.2) is 13.4 Å². The third-order valence-corrected chi connectivity index (χ3v) is 5.12. The molecular weight excluding hydrogens is 286 g/mol. The number of sulfonamides is 1. The molecule has 0 saturated carbocycles. The maximum absolute atomic E-state index is 12.5. The van der Waals surface area contributed by atoms with Crippen LogP contribution in [0.25, 0.3) is 0 Å². The maximum Gasteiger partial charge on any atom is 0.241 e. The van der Waals surface area contributed by atoms with Crippen LogP contribution in [0.3, 0.4) is 0 Å². The van der Waals surface area contributed by atoms with Gasteiger partial charge in [-0.05, 0) is 42.3 Å². The van der Waals surface area contributed by atoms with Gasteiger partial charge in [-0.25, -0.2) is 13.1 Å². The van der Waals surface area contributed by atoms with Crippen molar-refractivity contribution in [3.8, 4) is 0 Å². The van der Waals surface area contributed by atoms with Crippen LogP contribution in [0, 0.1) is 0 Å². The predicted molar refractivity (Wildman–Crippen MR) is 80.0 cm³/mol. The molecule has 0 radical (unpaired) electrons. The standard InChI is InChI=1S/C15H17N3O2S/c1-11(15-4-2-3-7-17-15)18-21(19,20)14-6-5-12-9-16-10-13(12)8-14/h2-8,11,16,18H,9-10H2,1H3. The Kier molecular flexibility index (Phi) is 3.75. The van der Waals surface area contributed by atoms with Crippen LogP contribution >= 0.6 is 0 Å². The number of nitrogens with zero attached hydrogens (tertiary/aromatic N) is 1. The summed E-state index contributed by atoms with van der Waals surface area (Å²) >= 11 is 0. The SMILES string of the molecule is CC(NS(=O)(=O)c1ccc2c(c1)CNC2)c1ccccn1. The highest BCUT2D eigenvalue weighted by Gasteiger charge is 2.21. The van der Waals surface area contributed by atoms with E-state index in [0.717, 1.165) is 17.7 Å². The third kappa shape index (κ3) is 2.97. The van der Waals surface area contributed by atoms with E-state index < -0.39 is 10.0 Å². The summed E-state index contributed by atoms with van der Waals surface area (Å²) < 4.78 is 27.6. The monoisotopic (exact) mass is 303 g/mol. The second-order valence-electron chi connectivity index (χ2n) is 5.13. The van der Waals surface area contributed by atoms with Crippen molar-refractivity contribution in [2.24, 2.45) is 0 Å². The molecule has 1 unspecified atom stereocenters. The Morgan fingerprint density at radius 1 is 1.19 bits per heavy atom. The molecule has 5 nitrogen and oxygen atoms in total. The maximum atomic E-state index is 12.5. The van der Waals surface area contributed by atoms with Crippen molar-refractivity contribution in [3.63, 3.8) is 0 Å². The fourth-order valence-corrected chi connectivity index (χ4v) is 3.70. The Labute approximate surface area is 124 Å². The van der Waals surface area contributed by atoms with Crippen molar-refractivity contribution >= 4 is 10.0 Å². The van der Waals surface area contributed by atoms with Gasteiger partial charge < -0.3 is 5.32 Å². The van der Waals surface area contributed by atoms with E-state index in [0.29, 0.717) is 17.1 Å². The van der Waals surface area contributed by atoms with Crippen molar-refractivity contribution in [1.29, 1.82) is 0 Å². The molecule has 2 heterocycles. The van der Waals surface area contributed by atoms with E-state index in [2.05, 4.69) is 15.0 Å². The molecule has 0 saturated heterocycles. The van der Waals surface area contributed by atoms with Crippen LogP contribution < -0.4 is 10.0 Å². The summed E-state index contributed by atoms with van der Waals surface area (Å²) in [6, 6.07) is 10.3. The zero-order valence-electron chi connectivity index (χ0n) is 11.7. The molecule has 110 valence electrons. The minimum absolute atomic E-state index is 0.299. The number of rotatable bonds is 4. The van der Waals surface area contributed by atoms with Crippen LogP contribution in [0.15, 0.2) is 47.5 Å². The first-order valence-electron chi connectivity index (χ1n) is 6.82. The van der Waals surface area contributed by atoms with Crippen molar-refractivity contribution in [2.45, 2.75) is 31.0 Å². The molecule has 21 heavy (non-hydrogen) atoms. The lowest BCUT2D eigenvalue weighted by molar-refractivity contribution is 0.564. The van der Waals surface area contributed by atoms with Gasteiger partial charge in [-0.2, -0.15) is 0 Å². The fraction of sp³-hybridized carbons (Fsp3) is 0.267. The Morgan fingerprint density at radius 2 is 2.00 bits per heavy atom. The van der Waals surface area contributed by atoms with E-state index in [4.69, 9.17) is 0 Å². The number of pyridine rings is 1. The average molecular weight is 303 g/mol. The first-order chi connectivity index (χ1) is 10.1. The molecule has 0 amide bonds. The summed E-state index contributed by atoms with van der Waals surface area (Å²) in [5, 5.41) is 3.21. The van der Waals surface area contributed by atoms with Crippen LogP contribution in [0.1, 0.15) is 29.8 Å². The average Bonchev–Trinajstić information content (AvgIpc) is 2.95. The van der Waals surface area contributed by atoms with Crippen LogP contribution in [0.2, 0.25) is 0 Å². The number of aromatic nitrogens is 1. The number of nitrogens with one attached hydrogen (secondary N) is 2. The van der Waals surface area contributed by atoms with E-state index >= 15 is 0 Å². The molecule has 0 aliphatic carbocycles. The molecule has 1 aliphatic rings. The zero-order chi connectivity index (χ0) is 14.9. The van der Waals surface area contributed by atoms with Gasteiger partial charge in [0.2, 0.25) is 10.0 Å². The summed E-state index contributed by atoms with van der Waals surface area (Å²) in [5.41, 5.74) is 2.90. The molecule has 2 aromatic rings. The topological polar surface area (TPSA) is 71.1 Å². The smallest absolute Gasteiger partial charge is 0.241 e. The molecule has 1 atom stereocenters. The molecule has 0 spiro atoms. The molecule has 6 heteroatoms. The van der Waals surface area contributed by atoms with Crippen LogP contribution in [-0.2, 0) is 23.1 Å². The van der Waals surface area contributed by atoms with Gasteiger partial charge >= 0.3 is 0 Å². The first-order valence-corrected chi connectivity index (χ1v) is 8.30. The molecule has 2 N–H and O–H groups in total. The number of fused-ring (bicyclic) bond motifs is 1. The lowest BCUT2D eigenvalue weighted by Crippen LogP contribution is -2.27. The van der Waals surface area contributed by atoms with Gasteiger partial charge in [0.05, 0.1) is 16.6 Å². The van der Waals surface area contributed by atoms with E-state index in [9.17, 15) is 8.42 Å². The van der Waals surface area contributed by atoms with Gasteiger partial charge in [-0.15, -0.1) is 0 Å². The molecule has 0 fully saturated rings. The van der Waals surface area contributed by atoms with E-state index in [1.165, 1.54) is 0 Å². The Morgan fingerprint density at radius 3 is 2.76 bits per heavy atom. The van der Waals surface area contributed by atoms with Gasteiger partial charge in [0.1, 0.15) is 0 Å². The highest BCUT2D eigenvalue weighted by atomic mass is 32.2. The van der Waals surface area contributed by atoms with Crippen LogP contribution in [0.4, 0.5) is 0 Å². The highest BCUT2D eigenvalue weighted by molar-refractivity contribution is 7.89. The summed E-state index contributed by atoms with van der Waals surface area (Å²) in [5.74, 6) is 0. The molecule has 3 rings (SSSR count). The summed E-state index contributed by atoms with van der Waals surface area (Å²) in [6.07, 6.45) is 1.65. The fourth-order valence-electron chi connectivity index (χ4n) is 2.43. The Hall–Kier alpha value is -1.76. The minimum atomic E-state index is -3.55. The Bertz CT molecular complexity index is 745. The quantitative estimate of drug-likeness (QED) is 0.902. The highest BCUT2D eigenvalue weighted by Crippen LogP contribution is 2.21. The van der Waals surface area contributed by atoms with Crippen LogP contribution in [0.5, 0.6) is 0 Å². The molecule has 1 aromatic heterocycles. The zero-order valence-corrected chi connectivity index (χ0v) is 12.5. The number of hydrogen-bond donors (Lipinski definition) is 2. The third-order valence-electron chi connectivity index (χ3n) is 3.58. The van der Waals surface area contributed by atoms with Crippen molar-refractivity contribution in [3.05, 3.63) is 59.4 Å². The normalized spacial score (nSPS) is 15.7. The van der Waals surface area contributed by atoms with Gasteiger partial charge in [0, 0.05) is 19.3 Å². The van der Waals surface area contributed by atoms with Crippen molar-refractivity contribution in [2.75, 3.05) is 0 Å². The number of hydrogen-bond acceptors (Lipinski definition) is 4. The predicted octanol–water partition coefficient (Wildman–Crippen LogP) is 1.72. The molecule has 1 aliphatic heterocycles. The summed E-state index contributed by atoms with van der Waals surface area (Å²) in [4.78, 5) is 4.48. The van der Waals surface area contributed by atoms with E-state index in [-0.39, 0.29) is 6.04 Å². The van der Waals surface area contributed by atoms with Gasteiger partial charge in [-0.1, -0.05) is 12.1 Å². The summed E-state index contributed by atoms with van der Waals surface area (Å²) in [6.45, 7) is 3.30. The van der Waals surface area contributed by atoms with Crippen molar-refractivity contribution < 1.29 is 8.42 Å². The molecule has 1 aromatic carbocycles. The van der Waals surface area contributed by atoms with Crippen molar-refractivity contribution in [1.82, 2.24) is 15.0 Å². The van der Waals surface area contributed by atoms with Gasteiger partial charge in [0.15, 0.2) is 0 Å². The second kappa shape index (κ2) is 5.55. The van der Waals surface area contributed by atoms with E-state index in [1.807, 2.05) is 12.1 Å². The lowest BCUT2D eigenvalue weighted by atomic mass is 10.1. The number of benzene rings is 1.